The summed E-state index contributed by atoms with van der Waals surface area (Å²) in [6.45, 7) is 6.93. The fraction of sp³-hybridized carbons (Fsp3) is 0.286. The number of aryl methyl sites for hydroxylation is 3. The highest BCUT2D eigenvalue weighted by Gasteiger charge is 2.07. The first-order chi connectivity index (χ1) is 10.1. The van der Waals surface area contributed by atoms with Crippen LogP contribution in [0.25, 0.3) is 5.69 Å². The van der Waals surface area contributed by atoms with Crippen molar-refractivity contribution in [2.45, 2.75) is 27.3 Å². The third kappa shape index (κ3) is 2.92. The van der Waals surface area contributed by atoms with Crippen molar-refractivity contribution in [3.8, 4) is 5.69 Å². The van der Waals surface area contributed by atoms with Crippen molar-refractivity contribution in [3.63, 3.8) is 0 Å². The molecule has 0 saturated carbocycles. The maximum atomic E-state index is 4.45. The van der Waals surface area contributed by atoms with E-state index >= 15 is 0 Å². The molecule has 2 aromatic heterocycles. The van der Waals surface area contributed by atoms with Gasteiger partial charge in [0.15, 0.2) is 0 Å². The SMILES string of the molecule is Cc1nc(C)c(CNc2cc(-n3cnnn3)ccc2C)s1. The summed E-state index contributed by atoms with van der Waals surface area (Å²) in [4.78, 5) is 5.72. The molecule has 0 aliphatic carbocycles. The lowest BCUT2D eigenvalue weighted by Gasteiger charge is -2.10. The largest absolute Gasteiger partial charge is 0.380 e. The molecule has 0 radical (unpaired) electrons. The maximum absolute atomic E-state index is 4.45. The predicted octanol–water partition coefficient (Wildman–Crippen LogP) is 2.66. The van der Waals surface area contributed by atoms with E-state index in [1.54, 1.807) is 22.3 Å². The first-order valence-corrected chi connectivity index (χ1v) is 7.46. The van der Waals surface area contributed by atoms with E-state index < -0.39 is 0 Å². The molecule has 21 heavy (non-hydrogen) atoms. The lowest BCUT2D eigenvalue weighted by Crippen LogP contribution is -2.03. The molecule has 3 aromatic rings. The van der Waals surface area contributed by atoms with Gasteiger partial charge in [-0.2, -0.15) is 0 Å². The van der Waals surface area contributed by atoms with Crippen molar-refractivity contribution >= 4 is 17.0 Å². The number of hydrogen-bond donors (Lipinski definition) is 1. The van der Waals surface area contributed by atoms with Crippen LogP contribution in [0.4, 0.5) is 5.69 Å². The average Bonchev–Trinajstić information content (AvgIpc) is 3.08. The Bertz CT molecular complexity index is 747. The van der Waals surface area contributed by atoms with Crippen molar-refractivity contribution in [3.05, 3.63) is 45.7 Å². The standard InChI is InChI=1S/C14H16N6S/c1-9-4-5-12(20-8-16-18-19-20)6-13(9)15-7-14-10(2)17-11(3)21-14/h4-6,8,15H,7H2,1-3H3. The van der Waals surface area contributed by atoms with E-state index in [1.165, 1.54) is 10.4 Å². The molecule has 0 unspecified atom stereocenters. The lowest BCUT2D eigenvalue weighted by molar-refractivity contribution is 0.789. The van der Waals surface area contributed by atoms with Gasteiger partial charge in [-0.05, 0) is 48.9 Å². The number of hydrogen-bond acceptors (Lipinski definition) is 6. The second kappa shape index (κ2) is 5.61. The van der Waals surface area contributed by atoms with Gasteiger partial charge in [0.05, 0.1) is 22.9 Å². The van der Waals surface area contributed by atoms with Gasteiger partial charge in [-0.1, -0.05) is 6.07 Å². The van der Waals surface area contributed by atoms with Crippen LogP contribution in [0.1, 0.15) is 21.1 Å². The van der Waals surface area contributed by atoms with Crippen LogP contribution in [-0.2, 0) is 6.54 Å². The van der Waals surface area contributed by atoms with Crippen LogP contribution in [0.15, 0.2) is 24.5 Å². The summed E-state index contributed by atoms with van der Waals surface area (Å²) in [5, 5.41) is 15.8. The Morgan fingerprint density at radius 2 is 2.10 bits per heavy atom. The maximum Gasteiger partial charge on any atom is 0.143 e. The minimum absolute atomic E-state index is 0.775. The number of benzene rings is 1. The summed E-state index contributed by atoms with van der Waals surface area (Å²) >= 11 is 1.73. The molecular formula is C14H16N6S. The summed E-state index contributed by atoms with van der Waals surface area (Å²) < 4.78 is 1.65. The van der Waals surface area contributed by atoms with Crippen LogP contribution in [0.5, 0.6) is 0 Å². The van der Waals surface area contributed by atoms with Crippen LogP contribution in [0, 0.1) is 20.8 Å². The van der Waals surface area contributed by atoms with Gasteiger partial charge in [-0.25, -0.2) is 9.67 Å². The van der Waals surface area contributed by atoms with Gasteiger partial charge in [-0.15, -0.1) is 16.4 Å². The number of rotatable bonds is 4. The minimum atomic E-state index is 0.775. The van der Waals surface area contributed by atoms with Crippen molar-refractivity contribution < 1.29 is 0 Å². The smallest absolute Gasteiger partial charge is 0.143 e. The van der Waals surface area contributed by atoms with Crippen LogP contribution in [-0.4, -0.2) is 25.2 Å². The van der Waals surface area contributed by atoms with E-state index in [0.717, 1.165) is 28.6 Å². The molecule has 2 heterocycles. The molecule has 0 aliphatic heterocycles. The Morgan fingerprint density at radius 3 is 2.76 bits per heavy atom. The Balaban J connectivity index is 1.82. The van der Waals surface area contributed by atoms with Gasteiger partial charge in [-0.3, -0.25) is 0 Å². The molecule has 108 valence electrons. The quantitative estimate of drug-likeness (QED) is 0.802. The van der Waals surface area contributed by atoms with E-state index in [2.05, 4.69) is 44.9 Å². The molecule has 0 bridgehead atoms. The van der Waals surface area contributed by atoms with Gasteiger partial charge >= 0.3 is 0 Å². The number of tetrazole rings is 1. The topological polar surface area (TPSA) is 68.5 Å². The second-order valence-electron chi connectivity index (χ2n) is 4.85. The fourth-order valence-corrected chi connectivity index (χ4v) is 3.01. The average molecular weight is 300 g/mol. The highest BCUT2D eigenvalue weighted by molar-refractivity contribution is 7.11. The van der Waals surface area contributed by atoms with Crippen LogP contribution in [0.2, 0.25) is 0 Å². The molecule has 0 atom stereocenters. The van der Waals surface area contributed by atoms with Crippen LogP contribution in [0.3, 0.4) is 0 Å². The Kier molecular flexibility index (Phi) is 3.66. The molecule has 6 nitrogen and oxygen atoms in total. The van der Waals surface area contributed by atoms with Crippen molar-refractivity contribution in [1.29, 1.82) is 0 Å². The Hall–Kier alpha value is -2.28. The zero-order chi connectivity index (χ0) is 14.8. The Morgan fingerprint density at radius 1 is 1.24 bits per heavy atom. The van der Waals surface area contributed by atoms with Gasteiger partial charge in [0.25, 0.3) is 0 Å². The third-order valence-corrected chi connectivity index (χ3v) is 4.35. The monoisotopic (exact) mass is 300 g/mol. The van der Waals surface area contributed by atoms with E-state index in [1.807, 2.05) is 19.9 Å². The number of aromatic nitrogens is 5. The number of thiazole rings is 1. The van der Waals surface area contributed by atoms with Crippen molar-refractivity contribution in [1.82, 2.24) is 25.2 Å². The summed E-state index contributed by atoms with van der Waals surface area (Å²) in [7, 11) is 0. The van der Waals surface area contributed by atoms with Crippen LogP contribution >= 0.6 is 11.3 Å². The summed E-state index contributed by atoms with van der Waals surface area (Å²) in [6.07, 6.45) is 1.59. The van der Waals surface area contributed by atoms with E-state index in [9.17, 15) is 0 Å². The third-order valence-electron chi connectivity index (χ3n) is 3.27. The zero-order valence-corrected chi connectivity index (χ0v) is 13.0. The zero-order valence-electron chi connectivity index (χ0n) is 12.2. The van der Waals surface area contributed by atoms with Gasteiger partial charge in [0.1, 0.15) is 6.33 Å². The molecule has 0 saturated heterocycles. The molecule has 1 N–H and O–H groups in total. The lowest BCUT2D eigenvalue weighted by atomic mass is 10.2. The second-order valence-corrected chi connectivity index (χ2v) is 6.14. The Labute approximate surface area is 126 Å². The first-order valence-electron chi connectivity index (χ1n) is 6.64. The fourth-order valence-electron chi connectivity index (χ4n) is 2.14. The van der Waals surface area contributed by atoms with Gasteiger partial charge in [0.2, 0.25) is 0 Å². The summed E-state index contributed by atoms with van der Waals surface area (Å²) in [5.74, 6) is 0. The van der Waals surface area contributed by atoms with E-state index in [4.69, 9.17) is 0 Å². The highest BCUT2D eigenvalue weighted by atomic mass is 32.1. The van der Waals surface area contributed by atoms with E-state index in [-0.39, 0.29) is 0 Å². The minimum Gasteiger partial charge on any atom is -0.380 e. The number of nitrogens with zero attached hydrogens (tertiary/aromatic N) is 5. The molecule has 7 heteroatoms. The molecular weight excluding hydrogens is 284 g/mol. The normalized spacial score (nSPS) is 10.8. The summed E-state index contributed by atoms with van der Waals surface area (Å²) in [6, 6.07) is 6.11. The molecule has 0 fully saturated rings. The highest BCUT2D eigenvalue weighted by Crippen LogP contribution is 2.22. The molecule has 3 rings (SSSR count). The number of nitrogens with one attached hydrogen (secondary N) is 1. The predicted molar refractivity (Wildman–Crippen MR) is 82.8 cm³/mol. The van der Waals surface area contributed by atoms with Gasteiger partial charge < -0.3 is 5.32 Å². The molecule has 0 amide bonds. The molecule has 0 aliphatic rings. The molecule has 0 spiro atoms. The van der Waals surface area contributed by atoms with Crippen molar-refractivity contribution in [2.75, 3.05) is 5.32 Å². The van der Waals surface area contributed by atoms with Gasteiger partial charge in [0, 0.05) is 10.6 Å². The number of anilines is 1. The molecule has 1 aromatic carbocycles. The van der Waals surface area contributed by atoms with E-state index in [0.29, 0.717) is 0 Å². The van der Waals surface area contributed by atoms with Crippen molar-refractivity contribution in [2.24, 2.45) is 0 Å². The first kappa shape index (κ1) is 13.7. The summed E-state index contributed by atoms with van der Waals surface area (Å²) in [5.41, 5.74) is 4.30. The van der Waals surface area contributed by atoms with Crippen LogP contribution < -0.4 is 5.32 Å².